The number of hydrogen-bond acceptors (Lipinski definition) is 7. The molecule has 0 atom stereocenters. The third-order valence-corrected chi connectivity index (χ3v) is 3.84. The first-order valence-corrected chi connectivity index (χ1v) is 7.64. The first-order chi connectivity index (χ1) is 12.4. The van der Waals surface area contributed by atoms with E-state index < -0.39 is 11.8 Å². The van der Waals surface area contributed by atoms with E-state index >= 15 is 0 Å². The fourth-order valence-corrected chi connectivity index (χ4v) is 2.62. The molecule has 0 saturated heterocycles. The number of carbonyl (C=O) groups is 2. The molecule has 0 fully saturated rings. The van der Waals surface area contributed by atoms with Gasteiger partial charge in [0.25, 0.3) is 0 Å². The zero-order valence-electron chi connectivity index (χ0n) is 15.2. The van der Waals surface area contributed by atoms with E-state index in [1.54, 1.807) is 13.0 Å². The lowest BCUT2D eigenvalue weighted by molar-refractivity contribution is 0.0596. The zero-order chi connectivity index (χ0) is 19.4. The Morgan fingerprint density at radius 1 is 0.846 bits per heavy atom. The van der Waals surface area contributed by atoms with E-state index in [2.05, 4.69) is 0 Å². The Kier molecular flexibility index (Phi) is 5.71. The standard InChI is InChI=1S/C19H20O7/c1-10-6-13(20)17(14(7-10)24-3)18(21)16-12(19(22)26-5)8-11(23-2)9-15(16)25-4/h6-9,20H,1-5H3. The van der Waals surface area contributed by atoms with Gasteiger partial charge in [-0.15, -0.1) is 0 Å². The second kappa shape index (κ2) is 7.77. The van der Waals surface area contributed by atoms with Crippen molar-refractivity contribution in [3.05, 3.63) is 46.5 Å². The lowest BCUT2D eigenvalue weighted by Crippen LogP contribution is -2.14. The zero-order valence-corrected chi connectivity index (χ0v) is 15.2. The number of ether oxygens (including phenoxy) is 4. The van der Waals surface area contributed by atoms with Crippen LogP contribution in [0.5, 0.6) is 23.0 Å². The van der Waals surface area contributed by atoms with Crippen molar-refractivity contribution in [3.63, 3.8) is 0 Å². The Labute approximate surface area is 151 Å². The molecule has 0 aliphatic rings. The molecule has 1 N–H and O–H groups in total. The highest BCUT2D eigenvalue weighted by Gasteiger charge is 2.29. The average Bonchev–Trinajstić information content (AvgIpc) is 2.64. The highest BCUT2D eigenvalue weighted by Crippen LogP contribution is 2.37. The number of aryl methyl sites for hydroxylation is 1. The number of methoxy groups -OCH3 is 4. The van der Waals surface area contributed by atoms with E-state index in [1.165, 1.54) is 46.6 Å². The summed E-state index contributed by atoms with van der Waals surface area (Å²) >= 11 is 0. The van der Waals surface area contributed by atoms with E-state index in [9.17, 15) is 14.7 Å². The molecule has 0 aliphatic carbocycles. The third kappa shape index (κ3) is 3.42. The van der Waals surface area contributed by atoms with Gasteiger partial charge in [0.05, 0.1) is 39.6 Å². The van der Waals surface area contributed by atoms with Gasteiger partial charge in [0, 0.05) is 6.07 Å². The quantitative estimate of drug-likeness (QED) is 0.625. The van der Waals surface area contributed by atoms with Crippen LogP contribution in [0.25, 0.3) is 0 Å². The predicted octanol–water partition coefficient (Wildman–Crippen LogP) is 2.74. The van der Waals surface area contributed by atoms with Crippen LogP contribution >= 0.6 is 0 Å². The SMILES string of the molecule is COC(=O)c1cc(OC)cc(OC)c1C(=O)c1c(O)cc(C)cc1OC. The van der Waals surface area contributed by atoms with Gasteiger partial charge < -0.3 is 24.1 Å². The van der Waals surface area contributed by atoms with E-state index in [0.717, 1.165) is 0 Å². The summed E-state index contributed by atoms with van der Waals surface area (Å²) in [6, 6.07) is 5.89. The first kappa shape index (κ1) is 19.1. The maximum atomic E-state index is 13.2. The Morgan fingerprint density at radius 3 is 2.00 bits per heavy atom. The van der Waals surface area contributed by atoms with Crippen molar-refractivity contribution in [2.75, 3.05) is 28.4 Å². The van der Waals surface area contributed by atoms with E-state index in [-0.39, 0.29) is 33.9 Å². The highest BCUT2D eigenvalue weighted by molar-refractivity contribution is 6.18. The second-order valence-corrected chi connectivity index (χ2v) is 5.43. The Hall–Kier alpha value is -3.22. The monoisotopic (exact) mass is 360 g/mol. The summed E-state index contributed by atoms with van der Waals surface area (Å²) in [4.78, 5) is 25.4. The van der Waals surface area contributed by atoms with Crippen LogP contribution in [0.1, 0.15) is 31.8 Å². The number of rotatable bonds is 6. The van der Waals surface area contributed by atoms with Crippen molar-refractivity contribution in [1.82, 2.24) is 0 Å². The minimum Gasteiger partial charge on any atom is -0.507 e. The average molecular weight is 360 g/mol. The maximum Gasteiger partial charge on any atom is 0.338 e. The summed E-state index contributed by atoms with van der Waals surface area (Å²) in [6.45, 7) is 1.75. The minimum absolute atomic E-state index is 0.0456. The van der Waals surface area contributed by atoms with Crippen LogP contribution in [0.4, 0.5) is 0 Å². The molecule has 0 saturated carbocycles. The number of carbonyl (C=O) groups excluding carboxylic acids is 2. The van der Waals surface area contributed by atoms with E-state index in [0.29, 0.717) is 11.3 Å². The van der Waals surface area contributed by atoms with Gasteiger partial charge in [-0.2, -0.15) is 0 Å². The topological polar surface area (TPSA) is 91.3 Å². The van der Waals surface area contributed by atoms with Crippen LogP contribution in [-0.2, 0) is 4.74 Å². The van der Waals surface area contributed by atoms with Crippen molar-refractivity contribution in [3.8, 4) is 23.0 Å². The largest absolute Gasteiger partial charge is 0.507 e. The lowest BCUT2D eigenvalue weighted by Gasteiger charge is -2.16. The van der Waals surface area contributed by atoms with Crippen LogP contribution in [0.2, 0.25) is 0 Å². The van der Waals surface area contributed by atoms with E-state index in [4.69, 9.17) is 18.9 Å². The maximum absolute atomic E-state index is 13.2. The van der Waals surface area contributed by atoms with Gasteiger partial charge in [0.15, 0.2) is 0 Å². The van der Waals surface area contributed by atoms with Crippen LogP contribution in [-0.4, -0.2) is 45.3 Å². The number of hydrogen-bond donors (Lipinski definition) is 1. The normalized spacial score (nSPS) is 10.2. The van der Waals surface area contributed by atoms with Gasteiger partial charge in [-0.25, -0.2) is 4.79 Å². The molecule has 26 heavy (non-hydrogen) atoms. The van der Waals surface area contributed by atoms with Gasteiger partial charge in [0.2, 0.25) is 5.78 Å². The van der Waals surface area contributed by atoms with Crippen molar-refractivity contribution < 1.29 is 33.6 Å². The minimum atomic E-state index is -0.740. The molecule has 0 aliphatic heterocycles. The molecular weight excluding hydrogens is 340 g/mol. The Balaban J connectivity index is 2.79. The van der Waals surface area contributed by atoms with Gasteiger partial charge in [-0.05, 0) is 30.7 Å². The lowest BCUT2D eigenvalue weighted by atomic mass is 9.94. The molecule has 0 radical (unpaired) electrons. The van der Waals surface area contributed by atoms with Crippen LogP contribution in [0.3, 0.4) is 0 Å². The van der Waals surface area contributed by atoms with Crippen LogP contribution < -0.4 is 14.2 Å². The first-order valence-electron chi connectivity index (χ1n) is 7.64. The molecule has 0 spiro atoms. The number of phenols is 1. The molecule has 0 bridgehead atoms. The van der Waals surface area contributed by atoms with Gasteiger partial charge >= 0.3 is 5.97 Å². The van der Waals surface area contributed by atoms with Crippen LogP contribution in [0.15, 0.2) is 24.3 Å². The summed E-state index contributed by atoms with van der Waals surface area (Å²) in [5.41, 5.74) is 0.533. The molecule has 138 valence electrons. The highest BCUT2D eigenvalue weighted by atomic mass is 16.5. The summed E-state index contributed by atoms with van der Waals surface area (Å²) in [6.07, 6.45) is 0. The summed E-state index contributed by atoms with van der Waals surface area (Å²) < 4.78 is 20.4. The smallest absolute Gasteiger partial charge is 0.338 e. The van der Waals surface area contributed by atoms with Crippen LogP contribution in [0, 0.1) is 6.92 Å². The molecule has 0 aromatic heterocycles. The molecule has 2 aromatic carbocycles. The summed E-state index contributed by atoms with van der Waals surface area (Å²) in [7, 11) is 5.37. The molecule has 0 unspecified atom stereocenters. The third-order valence-electron chi connectivity index (χ3n) is 3.84. The molecule has 7 nitrogen and oxygen atoms in total. The van der Waals surface area contributed by atoms with Gasteiger partial charge in [0.1, 0.15) is 28.6 Å². The fourth-order valence-electron chi connectivity index (χ4n) is 2.62. The van der Waals surface area contributed by atoms with Gasteiger partial charge in [-0.3, -0.25) is 4.79 Å². The van der Waals surface area contributed by atoms with Crippen molar-refractivity contribution in [2.24, 2.45) is 0 Å². The summed E-state index contributed by atoms with van der Waals surface area (Å²) in [5.74, 6) is -1.03. The predicted molar refractivity (Wildman–Crippen MR) is 93.7 cm³/mol. The molecule has 0 amide bonds. The summed E-state index contributed by atoms with van der Waals surface area (Å²) in [5, 5.41) is 10.3. The number of phenolic OH excluding ortho intramolecular Hbond substituents is 1. The Bertz CT molecular complexity index is 855. The molecular formula is C19H20O7. The van der Waals surface area contributed by atoms with Crippen molar-refractivity contribution in [1.29, 1.82) is 0 Å². The fraction of sp³-hybridized carbons (Fsp3) is 0.263. The van der Waals surface area contributed by atoms with Gasteiger partial charge in [-0.1, -0.05) is 0 Å². The number of ketones is 1. The molecule has 7 heteroatoms. The molecule has 2 rings (SSSR count). The Morgan fingerprint density at radius 2 is 1.46 bits per heavy atom. The molecule has 0 heterocycles. The molecule has 2 aromatic rings. The second-order valence-electron chi connectivity index (χ2n) is 5.43. The number of aromatic hydroxyl groups is 1. The van der Waals surface area contributed by atoms with E-state index in [1.807, 2.05) is 0 Å². The number of benzene rings is 2. The number of esters is 1. The van der Waals surface area contributed by atoms with Crippen molar-refractivity contribution in [2.45, 2.75) is 6.92 Å². The van der Waals surface area contributed by atoms with Crippen molar-refractivity contribution >= 4 is 11.8 Å².